The molecule has 1 unspecified atom stereocenters. The van der Waals surface area contributed by atoms with E-state index in [2.05, 4.69) is 13.5 Å². The van der Waals surface area contributed by atoms with Gasteiger partial charge in [0.2, 0.25) is 0 Å². The van der Waals surface area contributed by atoms with E-state index < -0.39 is 8.80 Å². The predicted octanol–water partition coefficient (Wildman–Crippen LogP) is 1.54. The third kappa shape index (κ3) is 6.86. The molecule has 0 amide bonds. The Kier molecular flexibility index (Phi) is 8.57. The summed E-state index contributed by atoms with van der Waals surface area (Å²) in [7, 11) is 0.890. The maximum absolute atomic E-state index is 10.8. The lowest BCUT2D eigenvalue weighted by Gasteiger charge is -2.12. The number of carbonyl (C=O) groups is 1. The maximum atomic E-state index is 10.8. The van der Waals surface area contributed by atoms with Gasteiger partial charge in [0.05, 0.1) is 15.4 Å². The molecule has 0 heterocycles. The van der Waals surface area contributed by atoms with Gasteiger partial charge in [0.25, 0.3) is 0 Å². The van der Waals surface area contributed by atoms with Crippen molar-refractivity contribution in [2.75, 3.05) is 19.9 Å². The van der Waals surface area contributed by atoms with Crippen molar-refractivity contribution >= 4 is 14.8 Å². The van der Waals surface area contributed by atoms with Crippen molar-refractivity contribution in [1.29, 1.82) is 0 Å². The van der Waals surface area contributed by atoms with Crippen molar-refractivity contribution < 1.29 is 14.3 Å². The fourth-order valence-corrected chi connectivity index (χ4v) is 3.70. The summed E-state index contributed by atoms with van der Waals surface area (Å²) in [4.78, 5) is 10.8. The van der Waals surface area contributed by atoms with E-state index in [9.17, 15) is 4.79 Å². The Bertz CT molecular complexity index is 165. The summed E-state index contributed by atoms with van der Waals surface area (Å²) < 4.78 is 10.1. The summed E-state index contributed by atoms with van der Waals surface area (Å²) in [5, 5.41) is 0. The Balaban J connectivity index is 3.58. The molecule has 0 bridgehead atoms. The van der Waals surface area contributed by atoms with Crippen molar-refractivity contribution in [3.05, 3.63) is 12.7 Å². The molecular weight excluding hydrogens is 196 g/mol. The first-order valence-electron chi connectivity index (χ1n) is 5.02. The lowest BCUT2D eigenvalue weighted by Crippen LogP contribution is -2.22. The van der Waals surface area contributed by atoms with Gasteiger partial charge in [0.15, 0.2) is 0 Å². The van der Waals surface area contributed by atoms with Crippen LogP contribution in [0.3, 0.4) is 0 Å². The van der Waals surface area contributed by atoms with Crippen LogP contribution < -0.4 is 0 Å². The molecule has 0 radical (unpaired) electrons. The van der Waals surface area contributed by atoms with Crippen LogP contribution >= 0.6 is 0 Å². The fourth-order valence-electron chi connectivity index (χ4n) is 1.34. The molecule has 0 aliphatic carbocycles. The monoisotopic (exact) mass is 216 g/mol. The smallest absolute Gasteiger partial charge is 0.330 e. The zero-order chi connectivity index (χ0) is 10.8. The lowest BCUT2D eigenvalue weighted by atomic mass is 10.6. The molecule has 1 atom stereocenters. The zero-order valence-electron chi connectivity index (χ0n) is 9.12. The molecule has 4 heteroatoms. The van der Waals surface area contributed by atoms with Crippen molar-refractivity contribution in [3.8, 4) is 0 Å². The average molecular weight is 216 g/mol. The normalized spacial score (nSPS) is 12.1. The molecule has 82 valence electrons. The number of hydrogen-bond acceptors (Lipinski definition) is 3. The SMILES string of the molecule is C=CC(=O)OCC[SiH](CCC)COC. The Hall–Kier alpha value is -0.613. The molecule has 0 saturated carbocycles. The van der Waals surface area contributed by atoms with E-state index in [1.165, 1.54) is 18.5 Å². The molecule has 0 aliphatic rings. The van der Waals surface area contributed by atoms with Gasteiger partial charge in [0, 0.05) is 19.4 Å². The van der Waals surface area contributed by atoms with Crippen LogP contribution in [0.4, 0.5) is 0 Å². The van der Waals surface area contributed by atoms with Gasteiger partial charge >= 0.3 is 5.97 Å². The van der Waals surface area contributed by atoms with Crippen molar-refractivity contribution in [1.82, 2.24) is 0 Å². The molecule has 0 fully saturated rings. The molecule has 0 aromatic rings. The van der Waals surface area contributed by atoms with Crippen LogP contribution in [0, 0.1) is 0 Å². The third-order valence-electron chi connectivity index (χ3n) is 2.04. The highest BCUT2D eigenvalue weighted by Gasteiger charge is 2.10. The van der Waals surface area contributed by atoms with Gasteiger partial charge in [-0.25, -0.2) is 4.79 Å². The second-order valence-corrected chi connectivity index (χ2v) is 6.49. The van der Waals surface area contributed by atoms with Gasteiger partial charge in [-0.2, -0.15) is 0 Å². The summed E-state index contributed by atoms with van der Waals surface area (Å²) in [5.41, 5.74) is 0. The molecule has 14 heavy (non-hydrogen) atoms. The first-order chi connectivity index (χ1) is 6.74. The molecule has 0 spiro atoms. The van der Waals surface area contributed by atoms with E-state index in [4.69, 9.17) is 9.47 Å². The number of esters is 1. The van der Waals surface area contributed by atoms with Crippen molar-refractivity contribution in [2.45, 2.75) is 25.4 Å². The van der Waals surface area contributed by atoms with Crippen LogP contribution in [0.2, 0.25) is 12.1 Å². The number of rotatable bonds is 8. The van der Waals surface area contributed by atoms with Crippen molar-refractivity contribution in [3.63, 3.8) is 0 Å². The van der Waals surface area contributed by atoms with Crippen LogP contribution in [0.5, 0.6) is 0 Å². The maximum Gasteiger partial charge on any atom is 0.330 e. The highest BCUT2D eigenvalue weighted by Crippen LogP contribution is 2.04. The van der Waals surface area contributed by atoms with Gasteiger partial charge < -0.3 is 9.47 Å². The van der Waals surface area contributed by atoms with Crippen LogP contribution in [-0.2, 0) is 14.3 Å². The summed E-state index contributed by atoms with van der Waals surface area (Å²) in [5.74, 6) is -0.327. The lowest BCUT2D eigenvalue weighted by molar-refractivity contribution is -0.137. The minimum atomic E-state index is -0.837. The number of ether oxygens (including phenoxy) is 2. The zero-order valence-corrected chi connectivity index (χ0v) is 10.3. The second kappa shape index (κ2) is 8.96. The van der Waals surface area contributed by atoms with E-state index in [1.807, 2.05) is 0 Å². The van der Waals surface area contributed by atoms with E-state index in [0.29, 0.717) is 6.61 Å². The number of hydrogen-bond donors (Lipinski definition) is 0. The molecule has 0 aromatic heterocycles. The highest BCUT2D eigenvalue weighted by atomic mass is 28.3. The number of methoxy groups -OCH3 is 1. The molecule has 0 N–H and O–H groups in total. The largest absolute Gasteiger partial charge is 0.463 e. The van der Waals surface area contributed by atoms with Gasteiger partial charge in [-0.15, -0.1) is 0 Å². The average Bonchev–Trinajstić information content (AvgIpc) is 2.18. The fraction of sp³-hybridized carbons (Fsp3) is 0.700. The predicted molar refractivity (Wildman–Crippen MR) is 60.1 cm³/mol. The Labute approximate surface area is 87.7 Å². The standard InChI is InChI=1S/C10H20O3Si/c1-4-7-14(9-12-3)8-6-13-10(11)5-2/h5,14H,2,4,6-9H2,1,3H3. The minimum Gasteiger partial charge on any atom is -0.463 e. The van der Waals surface area contributed by atoms with Gasteiger partial charge in [0.1, 0.15) is 0 Å². The summed E-state index contributed by atoms with van der Waals surface area (Å²) in [6.45, 7) is 6.03. The Morgan fingerprint density at radius 2 is 2.21 bits per heavy atom. The molecule has 0 rings (SSSR count). The van der Waals surface area contributed by atoms with Gasteiger partial charge in [-0.05, 0) is 6.04 Å². The van der Waals surface area contributed by atoms with Crippen molar-refractivity contribution in [2.24, 2.45) is 0 Å². The second-order valence-electron chi connectivity index (χ2n) is 3.27. The Morgan fingerprint density at radius 3 is 2.71 bits per heavy atom. The molecular formula is C10H20O3Si. The molecule has 0 aliphatic heterocycles. The first kappa shape index (κ1) is 13.4. The summed E-state index contributed by atoms with van der Waals surface area (Å²) in [6, 6.07) is 2.25. The summed E-state index contributed by atoms with van der Waals surface area (Å²) in [6.07, 6.45) is 3.27. The molecule has 0 saturated heterocycles. The van der Waals surface area contributed by atoms with E-state index >= 15 is 0 Å². The third-order valence-corrected chi connectivity index (χ3v) is 5.29. The van der Waals surface area contributed by atoms with Crippen LogP contribution in [0.25, 0.3) is 0 Å². The topological polar surface area (TPSA) is 35.5 Å². The minimum absolute atomic E-state index is 0.327. The summed E-state index contributed by atoms with van der Waals surface area (Å²) >= 11 is 0. The van der Waals surface area contributed by atoms with E-state index in [0.717, 1.165) is 12.3 Å². The quantitative estimate of drug-likeness (QED) is 0.351. The van der Waals surface area contributed by atoms with Crippen LogP contribution in [0.15, 0.2) is 12.7 Å². The van der Waals surface area contributed by atoms with Crippen LogP contribution in [0.1, 0.15) is 13.3 Å². The molecule has 0 aromatic carbocycles. The Morgan fingerprint density at radius 1 is 1.50 bits per heavy atom. The van der Waals surface area contributed by atoms with Gasteiger partial charge in [-0.3, -0.25) is 0 Å². The molecule has 3 nitrogen and oxygen atoms in total. The van der Waals surface area contributed by atoms with Crippen LogP contribution in [-0.4, -0.2) is 34.7 Å². The highest BCUT2D eigenvalue weighted by molar-refractivity contribution is 6.58. The van der Waals surface area contributed by atoms with E-state index in [1.54, 1.807) is 7.11 Å². The van der Waals surface area contributed by atoms with E-state index in [-0.39, 0.29) is 5.97 Å². The van der Waals surface area contributed by atoms with Gasteiger partial charge in [-0.1, -0.05) is 26.0 Å². The first-order valence-corrected chi connectivity index (χ1v) is 7.47. The number of carbonyl (C=O) groups excluding carboxylic acids is 1.